The van der Waals surface area contributed by atoms with Crippen molar-refractivity contribution in [1.29, 1.82) is 5.26 Å². The highest BCUT2D eigenvalue weighted by molar-refractivity contribution is 5.83. The number of nitrogens with zero attached hydrogens (tertiary/aromatic N) is 2. The molecular formula is C16H21N3O2. The molecule has 0 spiro atoms. The highest BCUT2D eigenvalue weighted by Gasteiger charge is 2.43. The van der Waals surface area contributed by atoms with E-state index in [1.165, 1.54) is 0 Å². The second kappa shape index (κ2) is 5.74. The Kier molecular flexibility index (Phi) is 4.19. The number of rotatable bonds is 2. The maximum Gasteiger partial charge on any atom is 0.182 e. The Bertz CT molecular complexity index is 602. The number of nitriles is 1. The summed E-state index contributed by atoms with van der Waals surface area (Å²) in [6.45, 7) is 7.58. The highest BCUT2D eigenvalue weighted by atomic mass is 16.5. The van der Waals surface area contributed by atoms with Crippen LogP contribution in [0.2, 0.25) is 0 Å². The Hall–Kier alpha value is -2.06. The van der Waals surface area contributed by atoms with Crippen molar-refractivity contribution in [3.63, 3.8) is 0 Å². The lowest BCUT2D eigenvalue weighted by molar-refractivity contribution is -0.0567. The molecule has 0 bridgehead atoms. The molecule has 0 saturated heterocycles. The minimum atomic E-state index is -0.783. The van der Waals surface area contributed by atoms with Crippen molar-refractivity contribution < 1.29 is 9.84 Å². The number of nitrogens with one attached hydrogen (secondary N) is 1. The van der Waals surface area contributed by atoms with Gasteiger partial charge >= 0.3 is 0 Å². The van der Waals surface area contributed by atoms with Gasteiger partial charge in [0.25, 0.3) is 0 Å². The van der Waals surface area contributed by atoms with Crippen molar-refractivity contribution in [2.24, 2.45) is 4.99 Å². The summed E-state index contributed by atoms with van der Waals surface area (Å²) in [5, 5.41) is 22.0. The maximum atomic E-state index is 10.6. The first-order chi connectivity index (χ1) is 9.89. The third-order valence-electron chi connectivity index (χ3n) is 3.70. The lowest BCUT2D eigenvalue weighted by Gasteiger charge is -2.40. The summed E-state index contributed by atoms with van der Waals surface area (Å²) in [5.74, 6) is 1.30. The van der Waals surface area contributed by atoms with Crippen molar-refractivity contribution >= 4 is 5.84 Å². The molecule has 1 aromatic carbocycles. The molecule has 0 aliphatic carbocycles. The van der Waals surface area contributed by atoms with Gasteiger partial charge in [0.1, 0.15) is 29.3 Å². The number of aliphatic imine (C=N–C) groups is 1. The minimum absolute atomic E-state index is 0.445. The normalized spacial score (nSPS) is 23.7. The lowest BCUT2D eigenvalue weighted by atomic mass is 9.86. The molecule has 0 amide bonds. The van der Waals surface area contributed by atoms with Gasteiger partial charge in [-0.05, 0) is 26.8 Å². The van der Waals surface area contributed by atoms with Gasteiger partial charge in [0.05, 0.1) is 0 Å². The number of aryl methyl sites for hydroxylation is 1. The summed E-state index contributed by atoms with van der Waals surface area (Å²) in [6.07, 6.45) is 1.70. The summed E-state index contributed by atoms with van der Waals surface area (Å²) < 4.78 is 5.89. The fraction of sp³-hybridized carbons (Fsp3) is 0.500. The fourth-order valence-corrected chi connectivity index (χ4v) is 2.47. The van der Waals surface area contributed by atoms with Crippen LogP contribution in [0, 0.1) is 18.4 Å². The Balaban J connectivity index is 2.52. The molecule has 5 nitrogen and oxygen atoms in total. The van der Waals surface area contributed by atoms with Gasteiger partial charge in [-0.3, -0.25) is 10.3 Å². The van der Waals surface area contributed by atoms with E-state index in [2.05, 4.69) is 10.3 Å². The number of hydrogen-bond acceptors (Lipinski definition) is 4. The zero-order chi connectivity index (χ0) is 15.6. The average molecular weight is 287 g/mol. The van der Waals surface area contributed by atoms with Gasteiger partial charge in [0.15, 0.2) is 6.19 Å². The van der Waals surface area contributed by atoms with E-state index in [1.54, 1.807) is 0 Å². The van der Waals surface area contributed by atoms with E-state index < -0.39 is 17.7 Å². The molecule has 21 heavy (non-hydrogen) atoms. The molecule has 2 atom stereocenters. The third-order valence-corrected chi connectivity index (χ3v) is 3.70. The number of ether oxygens (including phenoxy) is 1. The van der Waals surface area contributed by atoms with Crippen LogP contribution in [0.3, 0.4) is 0 Å². The molecule has 5 heteroatoms. The van der Waals surface area contributed by atoms with E-state index in [0.29, 0.717) is 12.3 Å². The number of amidine groups is 1. The van der Waals surface area contributed by atoms with Crippen molar-refractivity contribution in [2.75, 3.05) is 0 Å². The minimum Gasteiger partial charge on any atom is -0.485 e. The van der Waals surface area contributed by atoms with Crippen LogP contribution >= 0.6 is 0 Å². The molecule has 0 unspecified atom stereocenters. The molecule has 1 aliphatic heterocycles. The van der Waals surface area contributed by atoms with Gasteiger partial charge in [-0.1, -0.05) is 24.6 Å². The molecule has 0 saturated carbocycles. The van der Waals surface area contributed by atoms with E-state index in [0.717, 1.165) is 16.9 Å². The predicted molar refractivity (Wildman–Crippen MR) is 81.1 cm³/mol. The summed E-state index contributed by atoms with van der Waals surface area (Å²) >= 11 is 0. The third kappa shape index (κ3) is 3.01. The Morgan fingerprint density at radius 3 is 2.86 bits per heavy atom. The van der Waals surface area contributed by atoms with Gasteiger partial charge in [0.2, 0.25) is 0 Å². The molecule has 112 valence electrons. The van der Waals surface area contributed by atoms with E-state index >= 15 is 0 Å². The van der Waals surface area contributed by atoms with Gasteiger partial charge in [-0.15, -0.1) is 0 Å². The molecule has 0 aromatic heterocycles. The zero-order valence-corrected chi connectivity index (χ0v) is 12.8. The SMILES string of the molecule is CCC(=N[C@@H]1c2cc(C)ccc2OC(C)(C)[C@H]1O)NC#N. The predicted octanol–water partition coefficient (Wildman–Crippen LogP) is 2.45. The summed E-state index contributed by atoms with van der Waals surface area (Å²) in [5.41, 5.74) is 1.20. The quantitative estimate of drug-likeness (QED) is 0.379. The van der Waals surface area contributed by atoms with Crippen molar-refractivity contribution in [1.82, 2.24) is 5.32 Å². The number of hydrogen-bond donors (Lipinski definition) is 2. The monoisotopic (exact) mass is 287 g/mol. The van der Waals surface area contributed by atoms with Gasteiger partial charge in [-0.2, -0.15) is 5.26 Å². The lowest BCUT2D eigenvalue weighted by Crippen LogP contribution is -2.48. The van der Waals surface area contributed by atoms with Crippen LogP contribution in [0.4, 0.5) is 0 Å². The van der Waals surface area contributed by atoms with Crippen LogP contribution < -0.4 is 10.1 Å². The van der Waals surface area contributed by atoms with E-state index in [-0.39, 0.29) is 0 Å². The molecule has 1 aliphatic rings. The van der Waals surface area contributed by atoms with Crippen LogP contribution in [0.1, 0.15) is 44.4 Å². The first kappa shape index (κ1) is 15.3. The van der Waals surface area contributed by atoms with Gasteiger partial charge < -0.3 is 9.84 Å². The van der Waals surface area contributed by atoms with Crippen molar-refractivity contribution in [3.05, 3.63) is 29.3 Å². The zero-order valence-electron chi connectivity index (χ0n) is 12.8. The van der Waals surface area contributed by atoms with Crippen LogP contribution in [0.5, 0.6) is 5.75 Å². The van der Waals surface area contributed by atoms with E-state index in [9.17, 15) is 5.11 Å². The molecule has 1 aromatic rings. The molecule has 0 radical (unpaired) electrons. The summed E-state index contributed by atoms with van der Waals surface area (Å²) in [6, 6.07) is 5.41. The number of benzene rings is 1. The van der Waals surface area contributed by atoms with Crippen LogP contribution in [0.25, 0.3) is 0 Å². The molecule has 2 N–H and O–H groups in total. The first-order valence-electron chi connectivity index (χ1n) is 7.08. The smallest absolute Gasteiger partial charge is 0.182 e. The Labute approximate surface area is 125 Å². The van der Waals surface area contributed by atoms with Crippen molar-refractivity contribution in [3.8, 4) is 11.9 Å². The summed E-state index contributed by atoms with van der Waals surface area (Å²) in [7, 11) is 0. The Morgan fingerprint density at radius 2 is 2.24 bits per heavy atom. The van der Waals surface area contributed by atoms with Gasteiger partial charge in [0, 0.05) is 12.0 Å². The fourth-order valence-electron chi connectivity index (χ4n) is 2.47. The number of aliphatic hydroxyl groups excluding tert-OH is 1. The van der Waals surface area contributed by atoms with Gasteiger partial charge in [-0.25, -0.2) is 0 Å². The number of fused-ring (bicyclic) bond motifs is 1. The molecule has 0 fully saturated rings. The maximum absolute atomic E-state index is 10.6. The van der Waals surface area contributed by atoms with Crippen molar-refractivity contribution in [2.45, 2.75) is 51.9 Å². The first-order valence-corrected chi connectivity index (χ1v) is 7.08. The van der Waals surface area contributed by atoms with Crippen LogP contribution in [0.15, 0.2) is 23.2 Å². The Morgan fingerprint density at radius 1 is 1.52 bits per heavy atom. The van der Waals surface area contributed by atoms with E-state index in [4.69, 9.17) is 10.00 Å². The second-order valence-electron chi connectivity index (χ2n) is 5.80. The standard InChI is InChI=1S/C16H21N3O2/c1-5-13(18-9-17)19-14-11-8-10(2)6-7-12(11)21-16(3,4)15(14)20/h6-8,14-15,20H,5H2,1-4H3,(H,18,19)/t14-,15+/m1/s1. The largest absolute Gasteiger partial charge is 0.485 e. The topological polar surface area (TPSA) is 77.6 Å². The molecular weight excluding hydrogens is 266 g/mol. The number of aliphatic hydroxyl groups is 1. The molecule has 1 heterocycles. The molecule has 2 rings (SSSR count). The van der Waals surface area contributed by atoms with Crippen LogP contribution in [-0.2, 0) is 0 Å². The second-order valence-corrected chi connectivity index (χ2v) is 5.80. The average Bonchev–Trinajstić information content (AvgIpc) is 2.43. The van der Waals surface area contributed by atoms with E-state index in [1.807, 2.05) is 52.1 Å². The summed E-state index contributed by atoms with van der Waals surface area (Å²) in [4.78, 5) is 4.56. The highest BCUT2D eigenvalue weighted by Crippen LogP contribution is 2.42. The van der Waals surface area contributed by atoms with Crippen LogP contribution in [-0.4, -0.2) is 22.6 Å².